The number of hydrogen-bond donors (Lipinski definition) is 1. The molecule has 0 aliphatic heterocycles. The fourth-order valence-corrected chi connectivity index (χ4v) is 1.83. The van der Waals surface area contributed by atoms with Gasteiger partial charge in [0.25, 0.3) is 5.91 Å². The van der Waals surface area contributed by atoms with Crippen LogP contribution in [-0.2, 0) is 6.54 Å². The van der Waals surface area contributed by atoms with Crippen molar-refractivity contribution in [2.75, 3.05) is 7.11 Å². The Kier molecular flexibility index (Phi) is 4.53. The van der Waals surface area contributed by atoms with E-state index in [1.54, 1.807) is 19.2 Å². The summed E-state index contributed by atoms with van der Waals surface area (Å²) in [5.41, 5.74) is 0.868. The number of benzene rings is 1. The fourth-order valence-electron chi connectivity index (χ4n) is 1.64. The molecule has 1 amide bonds. The van der Waals surface area contributed by atoms with E-state index in [9.17, 15) is 9.18 Å². The first kappa shape index (κ1) is 14.3. The number of carbonyl (C=O) groups excluding carboxylic acids is 1. The first-order valence-corrected chi connectivity index (χ1v) is 6.20. The first-order valence-electron chi connectivity index (χ1n) is 5.82. The van der Waals surface area contributed by atoms with Crippen molar-refractivity contribution in [2.45, 2.75) is 6.54 Å². The molecule has 1 aromatic carbocycles. The number of amides is 1. The second kappa shape index (κ2) is 6.34. The standard InChI is InChI=1S/C14H12ClFN2O2/c1-20-11-4-2-3-9(5-11)7-18-14(19)12-6-10(16)8-17-13(12)15/h2-6,8H,7H2,1H3,(H,18,19). The number of nitrogens with one attached hydrogen (secondary N) is 1. The van der Waals surface area contributed by atoms with Crippen molar-refractivity contribution in [3.63, 3.8) is 0 Å². The molecule has 0 aliphatic rings. The molecule has 1 N–H and O–H groups in total. The number of methoxy groups -OCH3 is 1. The van der Waals surface area contributed by atoms with E-state index in [0.29, 0.717) is 5.75 Å². The average molecular weight is 295 g/mol. The molecule has 2 aromatic rings. The van der Waals surface area contributed by atoms with Gasteiger partial charge in [0, 0.05) is 6.54 Å². The molecule has 0 fully saturated rings. The molecule has 0 spiro atoms. The van der Waals surface area contributed by atoms with Gasteiger partial charge in [-0.05, 0) is 23.8 Å². The molecule has 6 heteroatoms. The third-order valence-corrected chi connectivity index (χ3v) is 2.94. The largest absolute Gasteiger partial charge is 0.497 e. The van der Waals surface area contributed by atoms with Crippen molar-refractivity contribution in [3.05, 3.63) is 58.6 Å². The Balaban J connectivity index is 2.06. The van der Waals surface area contributed by atoms with Gasteiger partial charge in [-0.15, -0.1) is 0 Å². The van der Waals surface area contributed by atoms with E-state index in [1.165, 1.54) is 0 Å². The zero-order valence-electron chi connectivity index (χ0n) is 10.7. The van der Waals surface area contributed by atoms with Crippen molar-refractivity contribution in [1.29, 1.82) is 0 Å². The van der Waals surface area contributed by atoms with Crippen LogP contribution in [0, 0.1) is 5.82 Å². The highest BCUT2D eigenvalue weighted by Gasteiger charge is 2.12. The smallest absolute Gasteiger partial charge is 0.254 e. The molecule has 0 aliphatic carbocycles. The molecule has 0 saturated carbocycles. The number of pyridine rings is 1. The molecule has 1 aromatic heterocycles. The molecule has 104 valence electrons. The van der Waals surface area contributed by atoms with Crippen molar-refractivity contribution in [2.24, 2.45) is 0 Å². The van der Waals surface area contributed by atoms with Crippen molar-refractivity contribution >= 4 is 17.5 Å². The molecule has 0 bridgehead atoms. The monoisotopic (exact) mass is 294 g/mol. The Morgan fingerprint density at radius 2 is 2.25 bits per heavy atom. The lowest BCUT2D eigenvalue weighted by Gasteiger charge is -2.07. The molecular formula is C14H12ClFN2O2. The highest BCUT2D eigenvalue weighted by atomic mass is 35.5. The number of rotatable bonds is 4. The second-order valence-corrected chi connectivity index (χ2v) is 4.38. The van der Waals surface area contributed by atoms with Gasteiger partial charge < -0.3 is 10.1 Å². The maximum absolute atomic E-state index is 13.1. The SMILES string of the molecule is COc1cccc(CNC(=O)c2cc(F)cnc2Cl)c1. The van der Waals surface area contributed by atoms with Gasteiger partial charge in [-0.1, -0.05) is 23.7 Å². The van der Waals surface area contributed by atoms with Crippen LogP contribution >= 0.6 is 11.6 Å². The summed E-state index contributed by atoms with van der Waals surface area (Å²) in [5, 5.41) is 2.62. The van der Waals surface area contributed by atoms with Crippen LogP contribution in [0.25, 0.3) is 0 Å². The summed E-state index contributed by atoms with van der Waals surface area (Å²) in [4.78, 5) is 15.5. The quantitative estimate of drug-likeness (QED) is 0.882. The van der Waals surface area contributed by atoms with E-state index < -0.39 is 11.7 Å². The van der Waals surface area contributed by atoms with Gasteiger partial charge in [0.2, 0.25) is 0 Å². The van der Waals surface area contributed by atoms with E-state index >= 15 is 0 Å². The molecule has 2 rings (SSSR count). The van der Waals surface area contributed by atoms with Crippen LogP contribution < -0.4 is 10.1 Å². The van der Waals surface area contributed by atoms with E-state index in [1.807, 2.05) is 12.1 Å². The number of hydrogen-bond acceptors (Lipinski definition) is 3. The van der Waals surface area contributed by atoms with Crippen LogP contribution in [0.2, 0.25) is 5.15 Å². The number of ether oxygens (including phenoxy) is 1. The van der Waals surface area contributed by atoms with Crippen LogP contribution in [0.15, 0.2) is 36.5 Å². The minimum atomic E-state index is -0.610. The summed E-state index contributed by atoms with van der Waals surface area (Å²) in [6.45, 7) is 0.281. The number of aromatic nitrogens is 1. The molecule has 0 radical (unpaired) electrons. The third-order valence-electron chi connectivity index (χ3n) is 2.64. The Morgan fingerprint density at radius 3 is 3.00 bits per heavy atom. The van der Waals surface area contributed by atoms with E-state index in [0.717, 1.165) is 17.8 Å². The summed E-state index contributed by atoms with van der Waals surface area (Å²) in [6, 6.07) is 8.31. The second-order valence-electron chi connectivity index (χ2n) is 4.03. The number of nitrogens with zero attached hydrogens (tertiary/aromatic N) is 1. The zero-order valence-corrected chi connectivity index (χ0v) is 11.4. The fraction of sp³-hybridized carbons (Fsp3) is 0.143. The number of carbonyl (C=O) groups is 1. The predicted molar refractivity (Wildman–Crippen MR) is 73.4 cm³/mol. The highest BCUT2D eigenvalue weighted by molar-refractivity contribution is 6.32. The summed E-state index contributed by atoms with van der Waals surface area (Å²) in [5.74, 6) is -0.395. The van der Waals surface area contributed by atoms with Gasteiger partial charge in [0.15, 0.2) is 0 Å². The third kappa shape index (κ3) is 3.45. The van der Waals surface area contributed by atoms with Crippen LogP contribution in [0.5, 0.6) is 5.75 Å². The van der Waals surface area contributed by atoms with Crippen LogP contribution in [0.1, 0.15) is 15.9 Å². The van der Waals surface area contributed by atoms with Crippen molar-refractivity contribution in [1.82, 2.24) is 10.3 Å². The molecular weight excluding hydrogens is 283 g/mol. The van der Waals surface area contributed by atoms with Crippen LogP contribution in [-0.4, -0.2) is 18.0 Å². The van der Waals surface area contributed by atoms with E-state index in [2.05, 4.69) is 10.3 Å². The minimum Gasteiger partial charge on any atom is -0.497 e. The Hall–Kier alpha value is -2.14. The molecule has 0 unspecified atom stereocenters. The molecule has 0 saturated heterocycles. The first-order chi connectivity index (χ1) is 9.60. The Labute approximate surface area is 120 Å². The summed E-state index contributed by atoms with van der Waals surface area (Å²) in [6.07, 6.45) is 0.959. The average Bonchev–Trinajstić information content (AvgIpc) is 2.47. The van der Waals surface area contributed by atoms with Crippen molar-refractivity contribution in [3.8, 4) is 5.75 Å². The Bertz CT molecular complexity index is 634. The lowest BCUT2D eigenvalue weighted by atomic mass is 10.2. The predicted octanol–water partition coefficient (Wildman–Crippen LogP) is 2.81. The summed E-state index contributed by atoms with van der Waals surface area (Å²) < 4.78 is 18.1. The molecule has 1 heterocycles. The van der Waals surface area contributed by atoms with Crippen molar-refractivity contribution < 1.29 is 13.9 Å². The molecule has 20 heavy (non-hydrogen) atoms. The van der Waals surface area contributed by atoms with Gasteiger partial charge >= 0.3 is 0 Å². The van der Waals surface area contributed by atoms with Gasteiger partial charge in [-0.2, -0.15) is 0 Å². The number of halogens is 2. The summed E-state index contributed by atoms with van der Waals surface area (Å²) in [7, 11) is 1.57. The summed E-state index contributed by atoms with van der Waals surface area (Å²) >= 11 is 5.76. The molecule has 0 atom stereocenters. The van der Waals surface area contributed by atoms with Crippen LogP contribution in [0.4, 0.5) is 4.39 Å². The van der Waals surface area contributed by atoms with Crippen LogP contribution in [0.3, 0.4) is 0 Å². The maximum Gasteiger partial charge on any atom is 0.254 e. The topological polar surface area (TPSA) is 51.2 Å². The van der Waals surface area contributed by atoms with E-state index in [-0.39, 0.29) is 17.3 Å². The highest BCUT2D eigenvalue weighted by Crippen LogP contribution is 2.15. The molecule has 4 nitrogen and oxygen atoms in total. The minimum absolute atomic E-state index is 0.00885. The lowest BCUT2D eigenvalue weighted by Crippen LogP contribution is -2.23. The van der Waals surface area contributed by atoms with Gasteiger partial charge in [-0.3, -0.25) is 4.79 Å². The normalized spacial score (nSPS) is 10.2. The van der Waals surface area contributed by atoms with Gasteiger partial charge in [0.05, 0.1) is 18.9 Å². The van der Waals surface area contributed by atoms with Gasteiger partial charge in [0.1, 0.15) is 16.7 Å². The van der Waals surface area contributed by atoms with Gasteiger partial charge in [-0.25, -0.2) is 9.37 Å². The lowest BCUT2D eigenvalue weighted by molar-refractivity contribution is 0.0950. The maximum atomic E-state index is 13.1. The Morgan fingerprint density at radius 1 is 1.45 bits per heavy atom. The van der Waals surface area contributed by atoms with E-state index in [4.69, 9.17) is 16.3 Å². The zero-order chi connectivity index (χ0) is 14.5.